The van der Waals surface area contributed by atoms with Crippen LogP contribution < -0.4 is 10.1 Å². The topological polar surface area (TPSA) is 73.5 Å². The zero-order valence-corrected chi connectivity index (χ0v) is 18.8. The zero-order valence-electron chi connectivity index (χ0n) is 18.8. The minimum absolute atomic E-state index is 0.0507. The second-order valence-corrected chi connectivity index (χ2v) is 8.44. The van der Waals surface area contributed by atoms with Gasteiger partial charge in [0, 0.05) is 37.9 Å². The molecule has 0 unspecified atom stereocenters. The standard InChI is InChI=1S/C24H31N5O2/c1-16-11-17(2)24(18(3)12-16)27-23(30)15-29-9-7-28(8-10-29)14-22-25-20-6-5-19(31-4)13-21(20)26-22/h5-6,11-13H,7-10,14-15H2,1-4H3,(H,25,26)(H,27,30). The van der Waals surface area contributed by atoms with Crippen LogP contribution in [0.25, 0.3) is 11.0 Å². The van der Waals surface area contributed by atoms with E-state index >= 15 is 0 Å². The van der Waals surface area contributed by atoms with Crippen molar-refractivity contribution in [1.29, 1.82) is 0 Å². The van der Waals surface area contributed by atoms with E-state index in [4.69, 9.17) is 4.74 Å². The normalized spacial score (nSPS) is 15.4. The molecule has 0 atom stereocenters. The number of piperazine rings is 1. The number of benzene rings is 2. The lowest BCUT2D eigenvalue weighted by Gasteiger charge is -2.33. The van der Waals surface area contributed by atoms with Crippen molar-refractivity contribution in [3.05, 3.63) is 52.8 Å². The number of carbonyl (C=O) groups excluding carboxylic acids is 1. The number of nitrogens with zero attached hydrogens (tertiary/aromatic N) is 3. The highest BCUT2D eigenvalue weighted by molar-refractivity contribution is 5.93. The van der Waals surface area contributed by atoms with Crippen LogP contribution in [0.3, 0.4) is 0 Å². The van der Waals surface area contributed by atoms with Crippen molar-refractivity contribution in [3.8, 4) is 5.75 Å². The summed E-state index contributed by atoms with van der Waals surface area (Å²) in [6.45, 7) is 10.9. The number of imidazole rings is 1. The maximum absolute atomic E-state index is 12.6. The molecular weight excluding hydrogens is 390 g/mol. The Kier molecular flexibility index (Phi) is 6.25. The van der Waals surface area contributed by atoms with Crippen LogP contribution in [-0.4, -0.2) is 65.5 Å². The van der Waals surface area contributed by atoms with E-state index in [9.17, 15) is 4.79 Å². The average Bonchev–Trinajstić information content (AvgIpc) is 3.13. The fraction of sp³-hybridized carbons (Fsp3) is 0.417. The van der Waals surface area contributed by atoms with Gasteiger partial charge in [0.2, 0.25) is 5.91 Å². The summed E-state index contributed by atoms with van der Waals surface area (Å²) in [5, 5.41) is 3.11. The molecule has 164 valence electrons. The largest absolute Gasteiger partial charge is 0.497 e. The molecule has 0 spiro atoms. The third-order valence-electron chi connectivity index (χ3n) is 5.89. The maximum atomic E-state index is 12.6. The van der Waals surface area contributed by atoms with Gasteiger partial charge in [0.15, 0.2) is 0 Å². The highest BCUT2D eigenvalue weighted by atomic mass is 16.5. The Labute approximate surface area is 183 Å². The first kappa shape index (κ1) is 21.3. The predicted molar refractivity (Wildman–Crippen MR) is 124 cm³/mol. The number of aromatic amines is 1. The molecule has 0 radical (unpaired) electrons. The first-order valence-corrected chi connectivity index (χ1v) is 10.8. The van der Waals surface area contributed by atoms with Gasteiger partial charge in [-0.05, 0) is 44.0 Å². The van der Waals surface area contributed by atoms with Crippen LogP contribution >= 0.6 is 0 Å². The lowest BCUT2D eigenvalue weighted by molar-refractivity contribution is -0.117. The van der Waals surface area contributed by atoms with Gasteiger partial charge < -0.3 is 15.0 Å². The third kappa shape index (κ3) is 5.06. The minimum atomic E-state index is 0.0507. The molecule has 2 N–H and O–H groups in total. The number of ether oxygens (including phenoxy) is 1. The predicted octanol–water partition coefficient (Wildman–Crippen LogP) is 3.25. The quantitative estimate of drug-likeness (QED) is 0.639. The van der Waals surface area contributed by atoms with E-state index in [1.807, 2.05) is 32.0 Å². The fourth-order valence-electron chi connectivity index (χ4n) is 4.32. The number of hydrogen-bond donors (Lipinski definition) is 2. The van der Waals surface area contributed by atoms with Crippen molar-refractivity contribution >= 4 is 22.6 Å². The van der Waals surface area contributed by atoms with E-state index in [-0.39, 0.29) is 5.91 Å². The number of nitrogens with one attached hydrogen (secondary N) is 2. The van der Waals surface area contributed by atoms with Crippen LogP contribution in [0.15, 0.2) is 30.3 Å². The first-order valence-electron chi connectivity index (χ1n) is 10.8. The lowest BCUT2D eigenvalue weighted by atomic mass is 10.1. The maximum Gasteiger partial charge on any atom is 0.238 e. The van der Waals surface area contributed by atoms with Crippen LogP contribution in [0.1, 0.15) is 22.5 Å². The monoisotopic (exact) mass is 421 g/mol. The number of hydrogen-bond acceptors (Lipinski definition) is 5. The van der Waals surface area contributed by atoms with Crippen molar-refractivity contribution < 1.29 is 9.53 Å². The summed E-state index contributed by atoms with van der Waals surface area (Å²) in [5.41, 5.74) is 6.32. The van der Waals surface area contributed by atoms with Gasteiger partial charge in [0.25, 0.3) is 0 Å². The molecule has 7 heteroatoms. The van der Waals surface area contributed by atoms with Crippen molar-refractivity contribution in [2.75, 3.05) is 45.2 Å². The fourth-order valence-corrected chi connectivity index (χ4v) is 4.32. The minimum Gasteiger partial charge on any atom is -0.497 e. The molecule has 1 aromatic heterocycles. The number of anilines is 1. The lowest BCUT2D eigenvalue weighted by Crippen LogP contribution is -2.48. The number of aromatic nitrogens is 2. The number of methoxy groups -OCH3 is 1. The molecule has 1 aliphatic heterocycles. The Bertz CT molecular complexity index is 1060. The van der Waals surface area contributed by atoms with Gasteiger partial charge in [-0.25, -0.2) is 4.98 Å². The molecule has 4 rings (SSSR count). The van der Waals surface area contributed by atoms with Gasteiger partial charge in [-0.1, -0.05) is 17.7 Å². The number of rotatable bonds is 6. The molecule has 2 aromatic carbocycles. The number of H-pyrrole nitrogens is 1. The van der Waals surface area contributed by atoms with Crippen LogP contribution in [0.4, 0.5) is 5.69 Å². The van der Waals surface area contributed by atoms with Gasteiger partial charge in [-0.15, -0.1) is 0 Å². The molecule has 1 aliphatic rings. The van der Waals surface area contributed by atoms with Crippen LogP contribution in [0, 0.1) is 20.8 Å². The highest BCUT2D eigenvalue weighted by Gasteiger charge is 2.20. The van der Waals surface area contributed by atoms with Crippen LogP contribution in [0.2, 0.25) is 0 Å². The summed E-state index contributed by atoms with van der Waals surface area (Å²) in [6, 6.07) is 10.1. The number of carbonyl (C=O) groups is 1. The average molecular weight is 422 g/mol. The summed E-state index contributed by atoms with van der Waals surface area (Å²) in [7, 11) is 1.67. The molecule has 3 aromatic rings. The Balaban J connectivity index is 1.28. The van der Waals surface area contributed by atoms with Gasteiger partial charge in [-0.3, -0.25) is 14.6 Å². The van der Waals surface area contributed by atoms with E-state index in [2.05, 4.69) is 44.1 Å². The molecule has 7 nitrogen and oxygen atoms in total. The summed E-state index contributed by atoms with van der Waals surface area (Å²) in [5.74, 6) is 1.83. The Hall–Kier alpha value is -2.90. The van der Waals surface area contributed by atoms with E-state index in [1.54, 1.807) is 7.11 Å². The summed E-state index contributed by atoms with van der Waals surface area (Å²) < 4.78 is 5.28. The Morgan fingerprint density at radius 1 is 1.06 bits per heavy atom. The zero-order chi connectivity index (χ0) is 22.0. The smallest absolute Gasteiger partial charge is 0.238 e. The van der Waals surface area contributed by atoms with E-state index in [0.717, 1.165) is 72.1 Å². The second-order valence-electron chi connectivity index (χ2n) is 8.44. The first-order chi connectivity index (χ1) is 14.9. The molecule has 1 fully saturated rings. The Morgan fingerprint density at radius 2 is 1.74 bits per heavy atom. The molecule has 2 heterocycles. The summed E-state index contributed by atoms with van der Waals surface area (Å²) in [6.07, 6.45) is 0. The van der Waals surface area contributed by atoms with Crippen molar-refractivity contribution in [1.82, 2.24) is 19.8 Å². The number of fused-ring (bicyclic) bond motifs is 1. The van der Waals surface area contributed by atoms with E-state index in [1.165, 1.54) is 5.56 Å². The molecule has 0 saturated carbocycles. The second kappa shape index (κ2) is 9.08. The number of aryl methyl sites for hydroxylation is 3. The van der Waals surface area contributed by atoms with E-state index < -0.39 is 0 Å². The van der Waals surface area contributed by atoms with Crippen LogP contribution in [-0.2, 0) is 11.3 Å². The molecule has 1 amide bonds. The van der Waals surface area contributed by atoms with Crippen molar-refractivity contribution in [2.45, 2.75) is 27.3 Å². The van der Waals surface area contributed by atoms with Crippen LogP contribution in [0.5, 0.6) is 5.75 Å². The van der Waals surface area contributed by atoms with Crippen molar-refractivity contribution in [3.63, 3.8) is 0 Å². The molecule has 0 bridgehead atoms. The summed E-state index contributed by atoms with van der Waals surface area (Å²) >= 11 is 0. The van der Waals surface area contributed by atoms with E-state index in [0.29, 0.717) is 6.54 Å². The molecule has 31 heavy (non-hydrogen) atoms. The van der Waals surface area contributed by atoms with Gasteiger partial charge in [0.1, 0.15) is 11.6 Å². The SMILES string of the molecule is COc1ccc2nc(CN3CCN(CC(=O)Nc4c(C)cc(C)cc4C)CC3)[nH]c2c1. The van der Waals surface area contributed by atoms with Gasteiger partial charge >= 0.3 is 0 Å². The molecule has 0 aliphatic carbocycles. The molecule has 1 saturated heterocycles. The number of amides is 1. The van der Waals surface area contributed by atoms with Gasteiger partial charge in [0.05, 0.1) is 31.2 Å². The Morgan fingerprint density at radius 3 is 2.42 bits per heavy atom. The van der Waals surface area contributed by atoms with Gasteiger partial charge in [-0.2, -0.15) is 0 Å². The molecular formula is C24H31N5O2. The third-order valence-corrected chi connectivity index (χ3v) is 5.89. The summed E-state index contributed by atoms with van der Waals surface area (Å²) in [4.78, 5) is 25.3. The van der Waals surface area contributed by atoms with Crippen molar-refractivity contribution in [2.24, 2.45) is 0 Å². The highest BCUT2D eigenvalue weighted by Crippen LogP contribution is 2.22.